The largest absolute Gasteiger partial charge is 0.352 e. The summed E-state index contributed by atoms with van der Waals surface area (Å²) in [5, 5.41) is 2.71. The lowest BCUT2D eigenvalue weighted by Crippen LogP contribution is -2.26. The molecular weight excluding hydrogens is 256 g/mol. The van der Waals surface area contributed by atoms with E-state index in [4.69, 9.17) is 11.6 Å². The summed E-state index contributed by atoms with van der Waals surface area (Å²) in [5.74, 6) is -0.285. The highest BCUT2D eigenvalue weighted by Crippen LogP contribution is 2.03. The number of H-pyrrole nitrogens is 2. The Balaban J connectivity index is 1.91. The highest BCUT2D eigenvalue weighted by molar-refractivity contribution is 6.30. The molecule has 0 saturated carbocycles. The molecule has 0 aliphatic heterocycles. The number of imidazole rings is 1. The Bertz CT molecular complexity index is 591. The number of aromatic nitrogens is 3. The van der Waals surface area contributed by atoms with Crippen molar-refractivity contribution >= 4 is 17.5 Å². The highest BCUT2D eigenvalue weighted by Gasteiger charge is 2.07. The van der Waals surface area contributed by atoms with Crippen LogP contribution in [-0.2, 0) is 6.42 Å². The molecule has 0 spiro atoms. The van der Waals surface area contributed by atoms with Crippen LogP contribution in [0.5, 0.6) is 0 Å². The number of hydrogen-bond acceptors (Lipinski definition) is 3. The molecule has 2 aromatic heterocycles. The monoisotopic (exact) mass is 266 g/mol. The van der Waals surface area contributed by atoms with Crippen LogP contribution >= 0.6 is 11.6 Å². The summed E-state index contributed by atoms with van der Waals surface area (Å²) in [7, 11) is 0. The predicted molar refractivity (Wildman–Crippen MR) is 66.7 cm³/mol. The van der Waals surface area contributed by atoms with Gasteiger partial charge in [0.05, 0.1) is 11.9 Å². The lowest BCUT2D eigenvalue weighted by atomic mass is 10.2. The zero-order valence-electron chi connectivity index (χ0n) is 9.37. The number of halogens is 1. The number of rotatable bonds is 4. The second kappa shape index (κ2) is 5.50. The minimum absolute atomic E-state index is 0.00350. The molecule has 3 N–H and O–H groups in total. The standard InChI is InChI=1S/C11H11ClN4O2/c12-9-3-7(4-15-11(9)18)10(17)14-2-1-8-5-13-6-16-8/h3-6H,1-2H2,(H,13,16)(H,14,17)(H,15,18). The van der Waals surface area contributed by atoms with Crippen molar-refractivity contribution in [2.45, 2.75) is 6.42 Å². The van der Waals surface area contributed by atoms with Crippen molar-refractivity contribution in [2.75, 3.05) is 6.54 Å². The first-order chi connectivity index (χ1) is 8.66. The Labute approximate surface area is 107 Å². The third-order valence-corrected chi connectivity index (χ3v) is 2.64. The molecule has 2 heterocycles. The Hall–Kier alpha value is -2.08. The van der Waals surface area contributed by atoms with Crippen LogP contribution in [0.2, 0.25) is 5.02 Å². The summed E-state index contributed by atoms with van der Waals surface area (Å²) >= 11 is 5.64. The molecule has 18 heavy (non-hydrogen) atoms. The number of nitrogens with zero attached hydrogens (tertiary/aromatic N) is 1. The van der Waals surface area contributed by atoms with Crippen molar-refractivity contribution in [3.8, 4) is 0 Å². The molecule has 0 fully saturated rings. The number of nitrogens with one attached hydrogen (secondary N) is 3. The van der Waals surface area contributed by atoms with Gasteiger partial charge in [-0.05, 0) is 6.07 Å². The first kappa shape index (κ1) is 12.4. The van der Waals surface area contributed by atoms with Crippen molar-refractivity contribution < 1.29 is 4.79 Å². The van der Waals surface area contributed by atoms with E-state index >= 15 is 0 Å². The van der Waals surface area contributed by atoms with E-state index in [9.17, 15) is 9.59 Å². The maximum atomic E-state index is 11.7. The van der Waals surface area contributed by atoms with Crippen molar-refractivity contribution in [1.82, 2.24) is 20.3 Å². The van der Waals surface area contributed by atoms with Gasteiger partial charge in [0.1, 0.15) is 5.02 Å². The van der Waals surface area contributed by atoms with E-state index in [1.165, 1.54) is 12.3 Å². The molecule has 0 unspecified atom stereocenters. The van der Waals surface area contributed by atoms with Gasteiger partial charge in [0.15, 0.2) is 0 Å². The average Bonchev–Trinajstić information content (AvgIpc) is 2.85. The van der Waals surface area contributed by atoms with E-state index in [0.29, 0.717) is 18.5 Å². The molecule has 0 aliphatic carbocycles. The Morgan fingerprint density at radius 3 is 2.94 bits per heavy atom. The summed E-state index contributed by atoms with van der Waals surface area (Å²) in [6.07, 6.45) is 5.27. The first-order valence-corrected chi connectivity index (χ1v) is 5.68. The maximum absolute atomic E-state index is 11.7. The molecule has 2 rings (SSSR count). The normalized spacial score (nSPS) is 10.3. The molecule has 0 atom stereocenters. The molecule has 94 valence electrons. The van der Waals surface area contributed by atoms with Gasteiger partial charge >= 0.3 is 0 Å². The zero-order chi connectivity index (χ0) is 13.0. The van der Waals surface area contributed by atoms with Gasteiger partial charge in [-0.15, -0.1) is 0 Å². The SMILES string of the molecule is O=C(NCCc1cnc[nH]1)c1c[nH]c(=O)c(Cl)c1. The quantitative estimate of drug-likeness (QED) is 0.762. The smallest absolute Gasteiger partial charge is 0.266 e. The van der Waals surface area contributed by atoms with Crippen LogP contribution in [0.3, 0.4) is 0 Å². The first-order valence-electron chi connectivity index (χ1n) is 5.30. The van der Waals surface area contributed by atoms with Crippen molar-refractivity contribution in [1.29, 1.82) is 0 Å². The van der Waals surface area contributed by atoms with Crippen LogP contribution in [0, 0.1) is 0 Å². The zero-order valence-corrected chi connectivity index (χ0v) is 10.1. The molecule has 0 radical (unpaired) electrons. The van der Waals surface area contributed by atoms with Crippen molar-refractivity contribution in [3.63, 3.8) is 0 Å². The van der Waals surface area contributed by atoms with E-state index < -0.39 is 5.56 Å². The highest BCUT2D eigenvalue weighted by atomic mass is 35.5. The van der Waals surface area contributed by atoms with Crippen LogP contribution < -0.4 is 10.9 Å². The maximum Gasteiger partial charge on any atom is 0.266 e. The van der Waals surface area contributed by atoms with Gasteiger partial charge in [-0.1, -0.05) is 11.6 Å². The van der Waals surface area contributed by atoms with E-state index in [-0.39, 0.29) is 10.9 Å². The number of hydrogen-bond donors (Lipinski definition) is 3. The van der Waals surface area contributed by atoms with Gasteiger partial charge < -0.3 is 15.3 Å². The second-order valence-corrected chi connectivity index (χ2v) is 4.06. The molecule has 1 amide bonds. The van der Waals surface area contributed by atoms with Crippen LogP contribution in [0.15, 0.2) is 29.6 Å². The number of carbonyl (C=O) groups excluding carboxylic acids is 1. The van der Waals surface area contributed by atoms with E-state index in [1.807, 2.05) is 0 Å². The van der Waals surface area contributed by atoms with Crippen LogP contribution in [0.4, 0.5) is 0 Å². The van der Waals surface area contributed by atoms with Crippen molar-refractivity contribution in [2.24, 2.45) is 0 Å². The van der Waals surface area contributed by atoms with Crippen molar-refractivity contribution in [3.05, 3.63) is 51.4 Å². The second-order valence-electron chi connectivity index (χ2n) is 3.65. The molecule has 6 nitrogen and oxygen atoms in total. The molecular formula is C11H11ClN4O2. The lowest BCUT2D eigenvalue weighted by molar-refractivity contribution is 0.0953. The molecule has 7 heteroatoms. The van der Waals surface area contributed by atoms with Crippen LogP contribution in [-0.4, -0.2) is 27.4 Å². The topological polar surface area (TPSA) is 90.6 Å². The van der Waals surface area contributed by atoms with Gasteiger partial charge in [-0.25, -0.2) is 4.98 Å². The Morgan fingerprint density at radius 1 is 1.44 bits per heavy atom. The van der Waals surface area contributed by atoms with Gasteiger partial charge in [0, 0.05) is 31.1 Å². The molecule has 0 aromatic carbocycles. The summed E-state index contributed by atoms with van der Waals surface area (Å²) in [5.41, 5.74) is 0.852. The number of amides is 1. The molecule has 0 saturated heterocycles. The third kappa shape index (κ3) is 2.98. The number of carbonyl (C=O) groups is 1. The van der Waals surface area contributed by atoms with Crippen LogP contribution in [0.1, 0.15) is 16.1 Å². The predicted octanol–water partition coefficient (Wildman–Crippen LogP) is 0.724. The summed E-state index contributed by atoms with van der Waals surface area (Å²) in [4.78, 5) is 32.0. The Kier molecular flexibility index (Phi) is 3.78. The van der Waals surface area contributed by atoms with E-state index in [2.05, 4.69) is 20.3 Å². The third-order valence-electron chi connectivity index (χ3n) is 2.35. The minimum Gasteiger partial charge on any atom is -0.352 e. The lowest BCUT2D eigenvalue weighted by Gasteiger charge is -2.04. The van der Waals surface area contributed by atoms with Gasteiger partial charge in [-0.3, -0.25) is 9.59 Å². The van der Waals surface area contributed by atoms with Gasteiger partial charge in [0.2, 0.25) is 0 Å². The fraction of sp³-hybridized carbons (Fsp3) is 0.182. The fourth-order valence-corrected chi connectivity index (χ4v) is 1.59. The average molecular weight is 267 g/mol. The van der Waals surface area contributed by atoms with E-state index in [0.717, 1.165) is 5.69 Å². The number of pyridine rings is 1. The minimum atomic E-state index is -0.411. The fourth-order valence-electron chi connectivity index (χ4n) is 1.42. The molecule has 2 aromatic rings. The molecule has 0 bridgehead atoms. The van der Waals surface area contributed by atoms with E-state index in [1.54, 1.807) is 12.5 Å². The van der Waals surface area contributed by atoms with Gasteiger partial charge in [-0.2, -0.15) is 0 Å². The Morgan fingerprint density at radius 2 is 2.28 bits per heavy atom. The summed E-state index contributed by atoms with van der Waals surface area (Å²) in [6, 6.07) is 1.34. The summed E-state index contributed by atoms with van der Waals surface area (Å²) < 4.78 is 0. The molecule has 0 aliphatic rings. The number of aromatic amines is 2. The van der Waals surface area contributed by atoms with Crippen LogP contribution in [0.25, 0.3) is 0 Å². The summed E-state index contributed by atoms with van der Waals surface area (Å²) in [6.45, 7) is 0.470. The van der Waals surface area contributed by atoms with Gasteiger partial charge in [0.25, 0.3) is 11.5 Å².